The van der Waals surface area contributed by atoms with Gasteiger partial charge in [0.25, 0.3) is 5.56 Å². The predicted molar refractivity (Wildman–Crippen MR) is 76.0 cm³/mol. The second-order valence-electron chi connectivity index (χ2n) is 4.35. The molecule has 110 valence electrons. The average molecular weight is 288 g/mol. The smallest absolute Gasteiger partial charge is 0.345 e. The third kappa shape index (κ3) is 4.25. The molecule has 0 saturated heterocycles. The molecule has 21 heavy (non-hydrogen) atoms. The number of hydrogen-bond donors (Lipinski definition) is 1. The van der Waals surface area contributed by atoms with Crippen molar-refractivity contribution in [2.24, 2.45) is 0 Å². The summed E-state index contributed by atoms with van der Waals surface area (Å²) in [6.07, 6.45) is 1.68. The number of ether oxygens (including phenoxy) is 2. The summed E-state index contributed by atoms with van der Waals surface area (Å²) < 4.78 is 9.99. The van der Waals surface area contributed by atoms with Crippen LogP contribution in [0.3, 0.4) is 0 Å². The Bertz CT molecular complexity index is 652. The zero-order valence-electron chi connectivity index (χ0n) is 11.7. The first-order chi connectivity index (χ1) is 10.2. The van der Waals surface area contributed by atoms with Gasteiger partial charge < -0.3 is 14.5 Å². The fourth-order valence-electron chi connectivity index (χ4n) is 1.75. The highest BCUT2D eigenvalue weighted by molar-refractivity contribution is 5.88. The lowest BCUT2D eigenvalue weighted by atomic mass is 10.2. The molecule has 0 spiro atoms. The van der Waals surface area contributed by atoms with Gasteiger partial charge in [-0.1, -0.05) is 30.3 Å². The summed E-state index contributed by atoms with van der Waals surface area (Å²) in [5.41, 5.74) is 0.473. The van der Waals surface area contributed by atoms with Crippen molar-refractivity contribution in [2.45, 2.75) is 13.0 Å². The number of hydrogen-bond acceptors (Lipinski definition) is 5. The van der Waals surface area contributed by atoms with E-state index in [1.165, 1.54) is 13.3 Å². The fourth-order valence-corrected chi connectivity index (χ4v) is 1.75. The molecule has 0 amide bonds. The summed E-state index contributed by atoms with van der Waals surface area (Å²) in [5, 5.41) is 0. The van der Waals surface area contributed by atoms with E-state index < -0.39 is 11.5 Å². The Morgan fingerprint density at radius 3 is 2.71 bits per heavy atom. The van der Waals surface area contributed by atoms with Crippen molar-refractivity contribution in [3.8, 4) is 0 Å². The van der Waals surface area contributed by atoms with Crippen molar-refractivity contribution in [3.63, 3.8) is 0 Å². The van der Waals surface area contributed by atoms with Crippen molar-refractivity contribution in [1.29, 1.82) is 0 Å². The van der Waals surface area contributed by atoms with Gasteiger partial charge in [0.2, 0.25) is 0 Å². The van der Waals surface area contributed by atoms with Crippen LogP contribution in [0.4, 0.5) is 0 Å². The van der Waals surface area contributed by atoms with Gasteiger partial charge >= 0.3 is 5.97 Å². The van der Waals surface area contributed by atoms with Gasteiger partial charge in [-0.3, -0.25) is 4.79 Å². The van der Waals surface area contributed by atoms with E-state index in [0.29, 0.717) is 25.5 Å². The van der Waals surface area contributed by atoms with Crippen molar-refractivity contribution in [3.05, 3.63) is 63.8 Å². The topological polar surface area (TPSA) is 81.3 Å². The van der Waals surface area contributed by atoms with Crippen molar-refractivity contribution in [1.82, 2.24) is 9.97 Å². The summed E-state index contributed by atoms with van der Waals surface area (Å²) in [6.45, 7) is 0.931. The lowest BCUT2D eigenvalue weighted by molar-refractivity contribution is 0.0598. The molecule has 0 bridgehead atoms. The molecule has 0 unspecified atom stereocenters. The van der Waals surface area contributed by atoms with Gasteiger partial charge in [-0.15, -0.1) is 0 Å². The highest BCUT2D eigenvalue weighted by Gasteiger charge is 2.11. The maximum Gasteiger partial charge on any atom is 0.345 e. The van der Waals surface area contributed by atoms with E-state index in [1.54, 1.807) is 0 Å². The minimum Gasteiger partial charge on any atom is -0.465 e. The molecule has 0 fully saturated rings. The van der Waals surface area contributed by atoms with E-state index in [4.69, 9.17) is 4.74 Å². The van der Waals surface area contributed by atoms with Gasteiger partial charge in [0.1, 0.15) is 11.4 Å². The van der Waals surface area contributed by atoms with Gasteiger partial charge in [-0.2, -0.15) is 0 Å². The molecule has 1 heterocycles. The van der Waals surface area contributed by atoms with E-state index in [-0.39, 0.29) is 5.56 Å². The molecule has 1 aromatic heterocycles. The minimum absolute atomic E-state index is 0.105. The van der Waals surface area contributed by atoms with Crippen LogP contribution in [-0.2, 0) is 22.5 Å². The van der Waals surface area contributed by atoms with Crippen molar-refractivity contribution < 1.29 is 14.3 Å². The standard InChI is InChI=1S/C15H16N2O4/c1-20-15(19)12-9-16-13(17-14(12)18)7-8-21-10-11-5-3-2-4-6-11/h2-6,9H,7-8,10H2,1H3,(H,16,17,18). The summed E-state index contributed by atoms with van der Waals surface area (Å²) in [7, 11) is 1.22. The number of carbonyl (C=O) groups excluding carboxylic acids is 1. The lowest BCUT2D eigenvalue weighted by Crippen LogP contribution is -2.21. The molecule has 0 aliphatic rings. The van der Waals surface area contributed by atoms with E-state index >= 15 is 0 Å². The average Bonchev–Trinajstić information content (AvgIpc) is 2.52. The molecule has 0 atom stereocenters. The predicted octanol–water partition coefficient (Wildman–Crippen LogP) is 1.32. The highest BCUT2D eigenvalue weighted by Crippen LogP contribution is 2.01. The Labute approximate surface area is 121 Å². The highest BCUT2D eigenvalue weighted by atomic mass is 16.5. The Hall–Kier alpha value is -2.47. The summed E-state index contributed by atoms with van der Waals surface area (Å²) in [6, 6.07) is 9.80. The molecular formula is C15H16N2O4. The van der Waals surface area contributed by atoms with Crippen LogP contribution >= 0.6 is 0 Å². The van der Waals surface area contributed by atoms with Gasteiger partial charge in [-0.25, -0.2) is 9.78 Å². The molecule has 6 heteroatoms. The Kier molecular flexibility index (Phi) is 5.22. The first-order valence-corrected chi connectivity index (χ1v) is 6.49. The SMILES string of the molecule is COC(=O)c1cnc(CCOCc2ccccc2)[nH]c1=O. The van der Waals surface area contributed by atoms with E-state index in [1.807, 2.05) is 30.3 Å². The molecule has 2 aromatic rings. The van der Waals surface area contributed by atoms with Crippen LogP contribution in [-0.4, -0.2) is 29.7 Å². The van der Waals surface area contributed by atoms with E-state index in [0.717, 1.165) is 5.56 Å². The van der Waals surface area contributed by atoms with Crippen molar-refractivity contribution >= 4 is 5.97 Å². The van der Waals surface area contributed by atoms with Crippen LogP contribution in [0.25, 0.3) is 0 Å². The van der Waals surface area contributed by atoms with Crippen LogP contribution in [0.15, 0.2) is 41.3 Å². The second-order valence-corrected chi connectivity index (χ2v) is 4.35. The van der Waals surface area contributed by atoms with Gasteiger partial charge in [0.05, 0.1) is 20.3 Å². The summed E-state index contributed by atoms with van der Waals surface area (Å²) in [5.74, 6) is -0.226. The van der Waals surface area contributed by atoms with Crippen LogP contribution in [0.2, 0.25) is 0 Å². The Morgan fingerprint density at radius 1 is 1.29 bits per heavy atom. The zero-order chi connectivity index (χ0) is 15.1. The number of carbonyl (C=O) groups is 1. The fraction of sp³-hybridized carbons (Fsp3) is 0.267. The van der Waals surface area contributed by atoms with Crippen LogP contribution in [0.1, 0.15) is 21.7 Å². The number of methoxy groups -OCH3 is 1. The molecule has 0 saturated carbocycles. The number of nitrogens with one attached hydrogen (secondary N) is 1. The van der Waals surface area contributed by atoms with Crippen LogP contribution < -0.4 is 5.56 Å². The molecule has 1 N–H and O–H groups in total. The first-order valence-electron chi connectivity index (χ1n) is 6.49. The molecular weight excluding hydrogens is 272 g/mol. The molecule has 0 radical (unpaired) electrons. The third-order valence-electron chi connectivity index (χ3n) is 2.85. The minimum atomic E-state index is -0.698. The largest absolute Gasteiger partial charge is 0.465 e. The van der Waals surface area contributed by atoms with Crippen LogP contribution in [0, 0.1) is 0 Å². The quantitative estimate of drug-likeness (QED) is 0.640. The van der Waals surface area contributed by atoms with E-state index in [9.17, 15) is 9.59 Å². The van der Waals surface area contributed by atoms with Gasteiger partial charge in [0.15, 0.2) is 0 Å². The summed E-state index contributed by atoms with van der Waals surface area (Å²) in [4.78, 5) is 29.5. The number of aromatic amines is 1. The maximum absolute atomic E-state index is 11.7. The van der Waals surface area contributed by atoms with Gasteiger partial charge in [0, 0.05) is 12.6 Å². The first kappa shape index (κ1) is 14.9. The number of H-pyrrole nitrogens is 1. The van der Waals surface area contributed by atoms with Crippen molar-refractivity contribution in [2.75, 3.05) is 13.7 Å². The maximum atomic E-state index is 11.7. The zero-order valence-corrected chi connectivity index (χ0v) is 11.7. The number of rotatable bonds is 6. The second kappa shape index (κ2) is 7.35. The molecule has 6 nitrogen and oxygen atoms in total. The van der Waals surface area contributed by atoms with E-state index in [2.05, 4.69) is 14.7 Å². The number of esters is 1. The molecule has 0 aliphatic heterocycles. The molecule has 0 aliphatic carbocycles. The Balaban J connectivity index is 1.85. The monoisotopic (exact) mass is 288 g/mol. The number of nitrogens with zero attached hydrogens (tertiary/aromatic N) is 1. The molecule has 1 aromatic carbocycles. The number of benzene rings is 1. The lowest BCUT2D eigenvalue weighted by Gasteiger charge is -2.04. The normalized spacial score (nSPS) is 10.3. The third-order valence-corrected chi connectivity index (χ3v) is 2.85. The summed E-state index contributed by atoms with van der Waals surface area (Å²) >= 11 is 0. The molecule has 2 rings (SSSR count). The van der Waals surface area contributed by atoms with Crippen LogP contribution in [0.5, 0.6) is 0 Å². The Morgan fingerprint density at radius 2 is 2.05 bits per heavy atom. The number of aromatic nitrogens is 2. The van der Waals surface area contributed by atoms with Gasteiger partial charge in [-0.05, 0) is 5.56 Å².